The van der Waals surface area contributed by atoms with E-state index in [4.69, 9.17) is 4.52 Å². The molecule has 0 unspecified atom stereocenters. The molecule has 0 saturated carbocycles. The fourth-order valence-electron chi connectivity index (χ4n) is 1.74. The van der Waals surface area contributed by atoms with Crippen LogP contribution in [0.5, 0.6) is 0 Å². The zero-order chi connectivity index (χ0) is 13.9. The maximum atomic E-state index is 12.4. The summed E-state index contributed by atoms with van der Waals surface area (Å²) in [5.74, 6) is -0.182. The summed E-state index contributed by atoms with van der Waals surface area (Å²) in [4.78, 5) is 3.94. The molecule has 0 aliphatic carbocycles. The van der Waals surface area contributed by atoms with E-state index in [1.54, 1.807) is 32.2 Å². The maximum absolute atomic E-state index is 12.4. The first-order chi connectivity index (χ1) is 9.04. The molecule has 0 aliphatic heterocycles. The SMILES string of the molecule is CCN(c1cccnc1)S(=O)(=O)Cc1nocc1C. The summed E-state index contributed by atoms with van der Waals surface area (Å²) < 4.78 is 30.9. The minimum Gasteiger partial charge on any atom is -0.364 e. The molecule has 0 N–H and O–H groups in total. The average Bonchev–Trinajstić information content (AvgIpc) is 2.76. The van der Waals surface area contributed by atoms with E-state index in [-0.39, 0.29) is 5.75 Å². The van der Waals surface area contributed by atoms with Crippen LogP contribution in [0.15, 0.2) is 35.3 Å². The summed E-state index contributed by atoms with van der Waals surface area (Å²) in [5, 5.41) is 3.71. The molecule has 19 heavy (non-hydrogen) atoms. The van der Waals surface area contributed by atoms with E-state index in [0.29, 0.717) is 17.9 Å². The lowest BCUT2D eigenvalue weighted by atomic mass is 10.3. The molecule has 0 radical (unpaired) electrons. The first-order valence-corrected chi connectivity index (χ1v) is 7.46. The summed E-state index contributed by atoms with van der Waals surface area (Å²) in [6.45, 7) is 3.88. The van der Waals surface area contributed by atoms with E-state index in [0.717, 1.165) is 5.56 Å². The first-order valence-electron chi connectivity index (χ1n) is 5.85. The lowest BCUT2D eigenvalue weighted by Gasteiger charge is -2.21. The second-order valence-electron chi connectivity index (χ2n) is 4.08. The van der Waals surface area contributed by atoms with Crippen LogP contribution >= 0.6 is 0 Å². The number of hydrogen-bond acceptors (Lipinski definition) is 5. The summed E-state index contributed by atoms with van der Waals surface area (Å²) in [5.41, 5.74) is 1.71. The largest absolute Gasteiger partial charge is 0.364 e. The standard InChI is InChI=1S/C12H15N3O3S/c1-3-15(11-5-4-6-13-7-11)19(16,17)9-12-10(2)8-18-14-12/h4-8H,3,9H2,1-2H3. The van der Waals surface area contributed by atoms with Gasteiger partial charge < -0.3 is 4.52 Å². The van der Waals surface area contributed by atoms with E-state index in [1.165, 1.54) is 16.8 Å². The normalized spacial score (nSPS) is 11.5. The van der Waals surface area contributed by atoms with Gasteiger partial charge in [-0.15, -0.1) is 0 Å². The lowest BCUT2D eigenvalue weighted by Crippen LogP contribution is -2.32. The molecule has 7 heteroatoms. The van der Waals surface area contributed by atoms with Gasteiger partial charge in [-0.2, -0.15) is 0 Å². The van der Waals surface area contributed by atoms with Crippen molar-refractivity contribution in [3.05, 3.63) is 42.0 Å². The third kappa shape index (κ3) is 2.93. The molecule has 0 saturated heterocycles. The van der Waals surface area contributed by atoms with Crippen LogP contribution in [0.1, 0.15) is 18.2 Å². The Morgan fingerprint density at radius 1 is 1.42 bits per heavy atom. The molecule has 2 heterocycles. The number of pyridine rings is 1. The van der Waals surface area contributed by atoms with Crippen molar-refractivity contribution in [1.82, 2.24) is 10.1 Å². The van der Waals surface area contributed by atoms with Crippen LogP contribution in [0, 0.1) is 6.92 Å². The van der Waals surface area contributed by atoms with Gasteiger partial charge in [-0.3, -0.25) is 9.29 Å². The lowest BCUT2D eigenvalue weighted by molar-refractivity contribution is 0.413. The van der Waals surface area contributed by atoms with Crippen LogP contribution < -0.4 is 4.31 Å². The molecule has 102 valence electrons. The monoisotopic (exact) mass is 281 g/mol. The predicted molar refractivity (Wildman–Crippen MR) is 71.1 cm³/mol. The molecule has 0 spiro atoms. The van der Waals surface area contributed by atoms with Gasteiger partial charge in [0.1, 0.15) is 17.7 Å². The van der Waals surface area contributed by atoms with Crippen molar-refractivity contribution < 1.29 is 12.9 Å². The van der Waals surface area contributed by atoms with Gasteiger partial charge in [-0.1, -0.05) is 5.16 Å². The van der Waals surface area contributed by atoms with Gasteiger partial charge in [0.25, 0.3) is 0 Å². The number of sulfonamides is 1. The summed E-state index contributed by atoms with van der Waals surface area (Å²) in [6, 6.07) is 3.42. The van der Waals surface area contributed by atoms with Crippen LogP contribution in [0.3, 0.4) is 0 Å². The topological polar surface area (TPSA) is 76.3 Å². The van der Waals surface area contributed by atoms with Gasteiger partial charge in [0.15, 0.2) is 0 Å². The highest BCUT2D eigenvalue weighted by Gasteiger charge is 2.24. The van der Waals surface area contributed by atoms with E-state index in [1.807, 2.05) is 0 Å². The maximum Gasteiger partial charge on any atom is 0.241 e. The summed E-state index contributed by atoms with van der Waals surface area (Å²) >= 11 is 0. The van der Waals surface area contributed by atoms with Gasteiger partial charge in [0, 0.05) is 18.3 Å². The molecular formula is C12H15N3O3S. The van der Waals surface area contributed by atoms with Crippen molar-refractivity contribution in [3.63, 3.8) is 0 Å². The zero-order valence-corrected chi connectivity index (χ0v) is 11.6. The van der Waals surface area contributed by atoms with Crippen LogP contribution in [0.2, 0.25) is 0 Å². The zero-order valence-electron chi connectivity index (χ0n) is 10.8. The van der Waals surface area contributed by atoms with Crippen molar-refractivity contribution in [2.24, 2.45) is 0 Å². The number of rotatable bonds is 5. The molecular weight excluding hydrogens is 266 g/mol. The molecule has 2 aromatic rings. The van der Waals surface area contributed by atoms with Crippen LogP contribution in [0.4, 0.5) is 5.69 Å². The summed E-state index contributed by atoms with van der Waals surface area (Å²) in [6.07, 6.45) is 4.56. The van der Waals surface area contributed by atoms with Crippen molar-refractivity contribution >= 4 is 15.7 Å². The fourth-order valence-corrected chi connectivity index (χ4v) is 3.35. The smallest absolute Gasteiger partial charge is 0.241 e. The molecule has 0 aliphatic rings. The van der Waals surface area contributed by atoms with Gasteiger partial charge in [0.2, 0.25) is 10.0 Å². The Bertz CT molecular complexity index is 637. The fraction of sp³-hybridized carbons (Fsp3) is 0.333. The number of hydrogen-bond donors (Lipinski definition) is 0. The Balaban J connectivity index is 2.30. The molecule has 0 bridgehead atoms. The number of nitrogens with zero attached hydrogens (tertiary/aromatic N) is 3. The molecule has 2 aromatic heterocycles. The van der Waals surface area contributed by atoms with Crippen molar-refractivity contribution in [3.8, 4) is 0 Å². The van der Waals surface area contributed by atoms with Crippen molar-refractivity contribution in [1.29, 1.82) is 0 Å². The Labute approximate surface area is 112 Å². The molecule has 6 nitrogen and oxygen atoms in total. The molecule has 0 amide bonds. The van der Waals surface area contributed by atoms with Gasteiger partial charge >= 0.3 is 0 Å². The first kappa shape index (κ1) is 13.5. The average molecular weight is 281 g/mol. The van der Waals surface area contributed by atoms with E-state index in [9.17, 15) is 8.42 Å². The van der Waals surface area contributed by atoms with E-state index < -0.39 is 10.0 Å². The quantitative estimate of drug-likeness (QED) is 0.834. The van der Waals surface area contributed by atoms with Gasteiger partial charge in [0.05, 0.1) is 11.9 Å². The number of aryl methyl sites for hydroxylation is 1. The Morgan fingerprint density at radius 2 is 2.21 bits per heavy atom. The van der Waals surface area contributed by atoms with E-state index in [2.05, 4.69) is 10.1 Å². The summed E-state index contributed by atoms with van der Waals surface area (Å²) in [7, 11) is -3.50. The number of aromatic nitrogens is 2. The molecule has 2 rings (SSSR count). The van der Waals surface area contributed by atoms with Crippen LogP contribution in [0.25, 0.3) is 0 Å². The molecule has 0 fully saturated rings. The van der Waals surface area contributed by atoms with E-state index >= 15 is 0 Å². The Kier molecular flexibility index (Phi) is 3.84. The van der Waals surface area contributed by atoms with Crippen molar-refractivity contribution in [2.75, 3.05) is 10.8 Å². The highest BCUT2D eigenvalue weighted by Crippen LogP contribution is 2.19. The van der Waals surface area contributed by atoms with Gasteiger partial charge in [-0.25, -0.2) is 8.42 Å². The minimum absolute atomic E-state index is 0.182. The highest BCUT2D eigenvalue weighted by atomic mass is 32.2. The second kappa shape index (κ2) is 5.40. The van der Waals surface area contributed by atoms with Crippen molar-refractivity contribution in [2.45, 2.75) is 19.6 Å². The van der Waals surface area contributed by atoms with Crippen LogP contribution in [-0.2, 0) is 15.8 Å². The second-order valence-corrected chi connectivity index (χ2v) is 5.97. The van der Waals surface area contributed by atoms with Crippen LogP contribution in [-0.4, -0.2) is 25.1 Å². The number of anilines is 1. The molecule has 0 atom stereocenters. The minimum atomic E-state index is -3.50. The third-order valence-corrected chi connectivity index (χ3v) is 4.50. The third-order valence-electron chi connectivity index (χ3n) is 2.72. The Morgan fingerprint density at radius 3 is 2.74 bits per heavy atom. The molecule has 0 aromatic carbocycles. The predicted octanol–water partition coefficient (Wildman–Crippen LogP) is 1.73. The highest BCUT2D eigenvalue weighted by molar-refractivity contribution is 7.92. The Hall–Kier alpha value is -1.89. The van der Waals surface area contributed by atoms with Gasteiger partial charge in [-0.05, 0) is 26.0 Å².